The molecular weight excluding hydrogens is 725 g/mol. The summed E-state index contributed by atoms with van der Waals surface area (Å²) in [4.78, 5) is 0. The normalized spacial score (nSPS) is 10.9. The number of hydrogen-bond donors (Lipinski definition) is 2. The van der Waals surface area contributed by atoms with E-state index in [9.17, 15) is 0 Å². The van der Waals surface area contributed by atoms with E-state index in [1.165, 1.54) is 65.3 Å². The second-order valence-corrected chi connectivity index (χ2v) is 14.2. The first-order valence-electron chi connectivity index (χ1n) is 16.3. The van der Waals surface area contributed by atoms with E-state index in [0.717, 1.165) is 0 Å². The Hall–Kier alpha value is -3.72. The van der Waals surface area contributed by atoms with Gasteiger partial charge in [-0.25, -0.2) is 0 Å². The third-order valence-corrected chi connectivity index (χ3v) is 9.53. The number of hydrogen-bond acceptors (Lipinski definition) is 4. The van der Waals surface area contributed by atoms with Crippen LogP contribution >= 0.6 is 24.4 Å². The summed E-state index contributed by atoms with van der Waals surface area (Å²) >= 11 is 20.9. The summed E-state index contributed by atoms with van der Waals surface area (Å²) in [5.74, 6) is 0. The maximum atomic E-state index is 5.22. The molecule has 7 heteroatoms. The van der Waals surface area contributed by atoms with Crippen molar-refractivity contribution in [3.05, 3.63) is 192 Å². The van der Waals surface area contributed by atoms with E-state index >= 15 is 0 Å². The van der Waals surface area contributed by atoms with Crippen molar-refractivity contribution in [2.24, 2.45) is 0 Å². The van der Waals surface area contributed by atoms with E-state index in [2.05, 4.69) is 180 Å². The van der Waals surface area contributed by atoms with E-state index < -0.39 is 0 Å². The van der Waals surface area contributed by atoms with E-state index in [1.54, 1.807) is 0 Å². The van der Waals surface area contributed by atoms with Crippen LogP contribution in [0.15, 0.2) is 170 Å². The fourth-order valence-electron chi connectivity index (χ4n) is 6.89. The topological polar surface area (TPSA) is 24.1 Å². The summed E-state index contributed by atoms with van der Waals surface area (Å²) in [6.07, 6.45) is 0. The average molecular weight is 757 g/mol. The Bertz CT molecular complexity index is 2150. The molecule has 0 atom stereocenters. The van der Waals surface area contributed by atoms with Crippen molar-refractivity contribution in [1.29, 1.82) is 0 Å². The van der Waals surface area contributed by atoms with Gasteiger partial charge in [0.1, 0.15) is 0 Å². The van der Waals surface area contributed by atoms with Gasteiger partial charge in [0.05, 0.1) is 12.1 Å². The molecule has 0 aliphatic heterocycles. The van der Waals surface area contributed by atoms with Crippen LogP contribution in [0.3, 0.4) is 0 Å². The second kappa shape index (κ2) is 17.2. The van der Waals surface area contributed by atoms with Crippen LogP contribution in [0.5, 0.6) is 0 Å². The zero-order valence-corrected chi connectivity index (χ0v) is 33.1. The number of benzene rings is 8. The molecule has 0 aromatic heterocycles. The Balaban J connectivity index is 0.000000172. The fourth-order valence-corrected chi connectivity index (χ4v) is 7.36. The van der Waals surface area contributed by atoms with Crippen molar-refractivity contribution in [3.63, 3.8) is 0 Å². The minimum atomic E-state index is -0.0813. The maximum Gasteiger partial charge on any atom is 2.00 e. The monoisotopic (exact) mass is 756 g/mol. The largest absolute Gasteiger partial charge is 2.00 e. The molecule has 0 saturated carbocycles. The molecule has 0 unspecified atom stereocenters. The Kier molecular flexibility index (Phi) is 12.5. The first-order valence-corrected chi connectivity index (χ1v) is 18.0. The summed E-state index contributed by atoms with van der Waals surface area (Å²) in [7, 11) is 0. The summed E-state index contributed by atoms with van der Waals surface area (Å²) < 4.78 is 0.761. The third-order valence-electron chi connectivity index (χ3n) is 9.06. The van der Waals surface area contributed by atoms with Gasteiger partial charge in [0.25, 0.3) is 0 Å². The number of rotatable bonds is 6. The van der Waals surface area contributed by atoms with Gasteiger partial charge in [0, 0.05) is 0 Å². The van der Waals surface area contributed by atoms with E-state index in [0.29, 0.717) is 8.64 Å². The van der Waals surface area contributed by atoms with Gasteiger partial charge in [-0.3, -0.25) is 0 Å². The fraction of sp³-hybridized carbons (Fsp3) is 0.0455. The molecule has 0 heterocycles. The molecule has 0 fully saturated rings. The van der Waals surface area contributed by atoms with Crippen molar-refractivity contribution < 1.29 is 0 Å². The predicted molar refractivity (Wildman–Crippen MR) is 231 cm³/mol. The van der Waals surface area contributed by atoms with Crippen LogP contribution in [-0.4, -0.2) is 46.4 Å². The summed E-state index contributed by atoms with van der Waals surface area (Å²) in [5, 5.41) is 16.4. The Labute approximate surface area is 350 Å². The van der Waals surface area contributed by atoms with Gasteiger partial charge in [0.2, 0.25) is 0 Å². The second-order valence-electron chi connectivity index (χ2n) is 12.0. The van der Waals surface area contributed by atoms with Crippen LogP contribution < -0.4 is 10.6 Å². The Morgan fingerprint density at radius 3 is 0.804 bits per heavy atom. The van der Waals surface area contributed by atoms with Gasteiger partial charge in [-0.1, -0.05) is 178 Å². The summed E-state index contributed by atoms with van der Waals surface area (Å²) in [6, 6.07) is 58.9. The zero-order chi connectivity index (χ0) is 34.5. The van der Waals surface area contributed by atoms with Crippen LogP contribution in [0.25, 0.3) is 43.1 Å². The quantitative estimate of drug-likeness (QED) is 0.0996. The minimum Gasteiger partial charge on any atom is -0.412 e. The van der Waals surface area contributed by atoms with Crippen LogP contribution in [0.4, 0.5) is 0 Å². The van der Waals surface area contributed by atoms with Crippen LogP contribution in [-0.2, 0) is 25.3 Å². The van der Waals surface area contributed by atoms with Crippen LogP contribution in [0.2, 0.25) is 0 Å². The third kappa shape index (κ3) is 8.34. The first kappa shape index (κ1) is 37.1. The van der Waals surface area contributed by atoms with Gasteiger partial charge in [0.15, 0.2) is 0 Å². The van der Waals surface area contributed by atoms with Gasteiger partial charge in [-0.2, -0.15) is 0 Å². The Morgan fingerprint density at radius 1 is 0.353 bits per heavy atom. The zero-order valence-electron chi connectivity index (χ0n) is 27.7. The smallest absolute Gasteiger partial charge is 0.412 e. The van der Waals surface area contributed by atoms with E-state index in [-0.39, 0.29) is 49.8 Å². The molecule has 8 rings (SSSR count). The summed E-state index contributed by atoms with van der Waals surface area (Å²) in [5.41, 5.74) is 4.73. The Morgan fingerprint density at radius 2 is 0.569 bits per heavy atom. The van der Waals surface area contributed by atoms with Gasteiger partial charge >= 0.3 is 37.7 Å². The van der Waals surface area contributed by atoms with Crippen molar-refractivity contribution in [1.82, 2.24) is 10.6 Å². The van der Waals surface area contributed by atoms with Gasteiger partial charge < -0.3 is 60.3 Å². The van der Waals surface area contributed by atoms with E-state index in [1.807, 2.05) is 0 Å². The molecule has 0 aliphatic carbocycles. The molecule has 244 valence electrons. The minimum absolute atomic E-state index is 0. The molecule has 0 spiro atoms. The van der Waals surface area contributed by atoms with Crippen LogP contribution in [0, 0.1) is 0 Å². The molecule has 8 aromatic rings. The average Bonchev–Trinajstić information content (AvgIpc) is 3.15. The van der Waals surface area contributed by atoms with Gasteiger partial charge in [-0.05, 0) is 65.3 Å². The van der Waals surface area contributed by atoms with Crippen molar-refractivity contribution in [3.8, 4) is 0 Å². The number of thiocarbonyl (C=S) groups is 2. The van der Waals surface area contributed by atoms with Crippen molar-refractivity contribution in [2.75, 3.05) is 0 Å². The number of fused-ring (bicyclic) bond motifs is 4. The summed E-state index contributed by atoms with van der Waals surface area (Å²) in [6.45, 7) is 0. The molecule has 8 aromatic carbocycles. The van der Waals surface area contributed by atoms with Crippen molar-refractivity contribution in [2.45, 2.75) is 12.1 Å². The SMILES string of the molecule is S=C([S-])NC(c1cccc2ccccc12)c1cccc2ccccc12.S=C([S-])NC(c1cccc2ccccc12)c1cccc2ccccc12.[Ca+2]. The van der Waals surface area contributed by atoms with E-state index in [4.69, 9.17) is 49.7 Å². The molecule has 0 amide bonds. The van der Waals surface area contributed by atoms with Gasteiger partial charge in [-0.15, -0.1) is 0 Å². The molecule has 2 N–H and O–H groups in total. The molecule has 2 nitrogen and oxygen atoms in total. The molecular formula is C44H32CaN2S4. The molecule has 0 bridgehead atoms. The predicted octanol–water partition coefficient (Wildman–Crippen LogP) is 10.6. The molecule has 0 saturated heterocycles. The van der Waals surface area contributed by atoms with Crippen molar-refractivity contribution >= 4 is 139 Å². The molecule has 0 aliphatic rings. The maximum absolute atomic E-state index is 5.22. The first-order chi connectivity index (χ1) is 24.5. The standard InChI is InChI=1S/2C22H17NS2.Ca/c2*24-22(25)23-21(19-13-5-9-15-7-1-3-11-17(15)19)20-14-6-10-16-8-2-4-12-18(16)20;/h2*1-14,21H,(H2,23,24,25);/q;;+2/p-2. The van der Waals surface area contributed by atoms with Crippen LogP contribution in [0.1, 0.15) is 34.3 Å². The molecule has 0 radical (unpaired) electrons. The number of nitrogens with one attached hydrogen (secondary N) is 2. The molecule has 51 heavy (non-hydrogen) atoms.